The van der Waals surface area contributed by atoms with Gasteiger partial charge in [0.2, 0.25) is 5.91 Å². The van der Waals surface area contributed by atoms with E-state index in [0.717, 1.165) is 55.9 Å². The first-order valence-electron chi connectivity index (χ1n) is 8.79. The molecule has 0 unspecified atom stereocenters. The molecule has 1 saturated heterocycles. The van der Waals surface area contributed by atoms with Gasteiger partial charge >= 0.3 is 0 Å². The molecule has 0 N–H and O–H groups in total. The number of rotatable bonds is 5. The number of nitrogens with zero attached hydrogens (tertiary/aromatic N) is 4. The fourth-order valence-corrected chi connectivity index (χ4v) is 3.41. The van der Waals surface area contributed by atoms with Gasteiger partial charge < -0.3 is 14.2 Å². The molecule has 2 aliphatic heterocycles. The minimum Gasteiger partial charge on any atom is -0.486 e. The van der Waals surface area contributed by atoms with Crippen molar-refractivity contribution in [2.75, 3.05) is 26.2 Å². The van der Waals surface area contributed by atoms with Crippen molar-refractivity contribution in [1.29, 1.82) is 0 Å². The third-order valence-corrected chi connectivity index (χ3v) is 4.82. The summed E-state index contributed by atoms with van der Waals surface area (Å²) in [6.45, 7) is 4.12. The van der Waals surface area contributed by atoms with E-state index in [0.29, 0.717) is 25.4 Å². The highest BCUT2D eigenvalue weighted by Crippen LogP contribution is 2.24. The number of hydrogen-bond acceptors (Lipinski definition) is 6. The Balaban J connectivity index is 1.38. The minimum atomic E-state index is 0.227. The van der Waals surface area contributed by atoms with Crippen LogP contribution in [0.4, 0.5) is 0 Å². The van der Waals surface area contributed by atoms with Crippen LogP contribution >= 0.6 is 0 Å². The van der Waals surface area contributed by atoms with Gasteiger partial charge in [0.1, 0.15) is 23.8 Å². The molecule has 7 heteroatoms. The molecule has 0 atom stereocenters. The molecular weight excluding hydrogens is 320 g/mol. The lowest BCUT2D eigenvalue weighted by Gasteiger charge is -2.27. The minimum absolute atomic E-state index is 0.227. The van der Waals surface area contributed by atoms with Crippen molar-refractivity contribution in [3.8, 4) is 5.75 Å². The number of fused-ring (bicyclic) bond motifs is 1. The molecule has 0 aliphatic carbocycles. The molecule has 0 radical (unpaired) electrons. The lowest BCUT2D eigenvalue weighted by Crippen LogP contribution is -2.41. The van der Waals surface area contributed by atoms with Gasteiger partial charge in [0.05, 0.1) is 12.7 Å². The van der Waals surface area contributed by atoms with Crippen LogP contribution in [0, 0.1) is 0 Å². The molecule has 0 spiro atoms. The van der Waals surface area contributed by atoms with Gasteiger partial charge in [-0.3, -0.25) is 14.7 Å². The van der Waals surface area contributed by atoms with Crippen LogP contribution in [0.15, 0.2) is 29.0 Å². The standard InChI is InChI=1S/C18H22N4O3/c23-18(22-7-1-2-8-22)12-21-9-5-17-15(11-21)16(20-25-17)13-24-14-4-3-6-19-10-14/h3-4,6,10H,1-2,5,7-9,11-13H2. The Hall–Kier alpha value is -2.41. The summed E-state index contributed by atoms with van der Waals surface area (Å²) in [5, 5.41) is 4.16. The summed E-state index contributed by atoms with van der Waals surface area (Å²) >= 11 is 0. The van der Waals surface area contributed by atoms with E-state index in [4.69, 9.17) is 9.26 Å². The Morgan fingerprint density at radius 3 is 2.96 bits per heavy atom. The predicted octanol–water partition coefficient (Wildman–Crippen LogP) is 1.63. The maximum Gasteiger partial charge on any atom is 0.236 e. The third kappa shape index (κ3) is 3.66. The topological polar surface area (TPSA) is 71.7 Å². The van der Waals surface area contributed by atoms with E-state index in [1.54, 1.807) is 12.4 Å². The molecule has 4 heterocycles. The van der Waals surface area contributed by atoms with Gasteiger partial charge in [-0.15, -0.1) is 0 Å². The van der Waals surface area contributed by atoms with Crippen molar-refractivity contribution in [3.05, 3.63) is 41.5 Å². The number of aromatic nitrogens is 2. The zero-order valence-electron chi connectivity index (χ0n) is 14.2. The zero-order chi connectivity index (χ0) is 17.1. The van der Waals surface area contributed by atoms with Crippen LogP contribution in [-0.2, 0) is 24.4 Å². The summed E-state index contributed by atoms with van der Waals surface area (Å²) in [4.78, 5) is 20.6. The summed E-state index contributed by atoms with van der Waals surface area (Å²) in [6.07, 6.45) is 6.41. The normalized spacial score (nSPS) is 17.5. The van der Waals surface area contributed by atoms with Crippen LogP contribution in [0.3, 0.4) is 0 Å². The van der Waals surface area contributed by atoms with E-state index in [1.165, 1.54) is 0 Å². The number of carbonyl (C=O) groups excluding carboxylic acids is 1. The number of ether oxygens (including phenoxy) is 1. The summed E-state index contributed by atoms with van der Waals surface area (Å²) in [5.41, 5.74) is 1.86. The highest BCUT2D eigenvalue weighted by atomic mass is 16.5. The highest BCUT2D eigenvalue weighted by Gasteiger charge is 2.27. The van der Waals surface area contributed by atoms with E-state index in [1.807, 2.05) is 17.0 Å². The van der Waals surface area contributed by atoms with Crippen LogP contribution in [0.2, 0.25) is 0 Å². The largest absolute Gasteiger partial charge is 0.486 e. The molecule has 0 saturated carbocycles. The number of carbonyl (C=O) groups is 1. The molecule has 1 fully saturated rings. The molecule has 1 amide bonds. The van der Waals surface area contributed by atoms with Gasteiger partial charge in [0, 0.05) is 44.4 Å². The number of pyridine rings is 1. The van der Waals surface area contributed by atoms with Crippen molar-refractivity contribution >= 4 is 5.91 Å². The molecule has 25 heavy (non-hydrogen) atoms. The molecule has 7 nitrogen and oxygen atoms in total. The Labute approximate surface area is 146 Å². The zero-order valence-corrected chi connectivity index (χ0v) is 14.2. The third-order valence-electron chi connectivity index (χ3n) is 4.82. The van der Waals surface area contributed by atoms with Gasteiger partial charge in [-0.1, -0.05) is 5.16 Å². The van der Waals surface area contributed by atoms with Gasteiger partial charge in [-0.05, 0) is 25.0 Å². The van der Waals surface area contributed by atoms with E-state index in [9.17, 15) is 4.79 Å². The number of likely N-dealkylation sites (tertiary alicyclic amines) is 1. The van der Waals surface area contributed by atoms with Crippen molar-refractivity contribution in [2.45, 2.75) is 32.4 Å². The Kier molecular flexibility index (Phi) is 4.65. The quantitative estimate of drug-likeness (QED) is 0.822. The Morgan fingerprint density at radius 2 is 2.16 bits per heavy atom. The van der Waals surface area contributed by atoms with Crippen LogP contribution in [-0.4, -0.2) is 52.0 Å². The molecule has 4 rings (SSSR count). The smallest absolute Gasteiger partial charge is 0.236 e. The molecule has 2 aromatic heterocycles. The fourth-order valence-electron chi connectivity index (χ4n) is 3.41. The lowest BCUT2D eigenvalue weighted by atomic mass is 10.1. The van der Waals surface area contributed by atoms with Crippen molar-refractivity contribution in [2.24, 2.45) is 0 Å². The lowest BCUT2D eigenvalue weighted by molar-refractivity contribution is -0.131. The maximum atomic E-state index is 12.4. The van der Waals surface area contributed by atoms with Crippen LogP contribution in [0.1, 0.15) is 29.9 Å². The Morgan fingerprint density at radius 1 is 1.28 bits per heavy atom. The number of hydrogen-bond donors (Lipinski definition) is 0. The first kappa shape index (κ1) is 16.1. The summed E-state index contributed by atoms with van der Waals surface area (Å²) < 4.78 is 11.2. The average molecular weight is 342 g/mol. The summed E-state index contributed by atoms with van der Waals surface area (Å²) in [5.74, 6) is 1.84. The van der Waals surface area contributed by atoms with Gasteiger partial charge in [-0.25, -0.2) is 0 Å². The van der Waals surface area contributed by atoms with Crippen LogP contribution in [0.25, 0.3) is 0 Å². The second kappa shape index (κ2) is 7.23. The maximum absolute atomic E-state index is 12.4. The van der Waals surface area contributed by atoms with Crippen molar-refractivity contribution in [3.63, 3.8) is 0 Å². The molecule has 2 aromatic rings. The van der Waals surface area contributed by atoms with E-state index in [-0.39, 0.29) is 5.91 Å². The van der Waals surface area contributed by atoms with Gasteiger partial charge in [0.25, 0.3) is 0 Å². The van der Waals surface area contributed by atoms with Crippen LogP contribution < -0.4 is 4.74 Å². The number of amides is 1. The van der Waals surface area contributed by atoms with E-state index < -0.39 is 0 Å². The second-order valence-corrected chi connectivity index (χ2v) is 6.56. The predicted molar refractivity (Wildman–Crippen MR) is 89.9 cm³/mol. The highest BCUT2D eigenvalue weighted by molar-refractivity contribution is 5.78. The molecule has 0 bridgehead atoms. The summed E-state index contributed by atoms with van der Waals surface area (Å²) in [7, 11) is 0. The van der Waals surface area contributed by atoms with Crippen LogP contribution in [0.5, 0.6) is 5.75 Å². The van der Waals surface area contributed by atoms with E-state index >= 15 is 0 Å². The fraction of sp³-hybridized carbons (Fsp3) is 0.500. The molecule has 132 valence electrons. The molecular formula is C18H22N4O3. The van der Waals surface area contributed by atoms with Gasteiger partial charge in [-0.2, -0.15) is 0 Å². The van der Waals surface area contributed by atoms with Crippen molar-refractivity contribution < 1.29 is 14.1 Å². The average Bonchev–Trinajstić information content (AvgIpc) is 3.31. The first-order valence-corrected chi connectivity index (χ1v) is 8.79. The molecule has 2 aliphatic rings. The first-order chi connectivity index (χ1) is 12.3. The molecule has 0 aromatic carbocycles. The second-order valence-electron chi connectivity index (χ2n) is 6.56. The summed E-state index contributed by atoms with van der Waals surface area (Å²) in [6, 6.07) is 3.69. The SMILES string of the molecule is O=C(CN1CCc2onc(COc3cccnc3)c2C1)N1CCCC1. The Bertz CT molecular complexity index is 725. The van der Waals surface area contributed by atoms with Crippen molar-refractivity contribution in [1.82, 2.24) is 19.9 Å². The van der Waals surface area contributed by atoms with Gasteiger partial charge in [0.15, 0.2) is 0 Å². The monoisotopic (exact) mass is 342 g/mol. The van der Waals surface area contributed by atoms with E-state index in [2.05, 4.69) is 15.0 Å².